The van der Waals surface area contributed by atoms with E-state index < -0.39 is 22.5 Å². The quantitative estimate of drug-likeness (QED) is 0.830. The van der Waals surface area contributed by atoms with Crippen LogP contribution in [0, 0.1) is 6.92 Å². The minimum Gasteiger partial charge on any atom is -0.491 e. The van der Waals surface area contributed by atoms with Gasteiger partial charge in [0, 0.05) is 6.54 Å². The molecular weight excluding hydrogens is 294 g/mol. The minimum atomic E-state index is -3.82. The zero-order valence-corrected chi connectivity index (χ0v) is 13.5. The lowest BCUT2D eigenvalue weighted by Gasteiger charge is -2.19. The van der Waals surface area contributed by atoms with Gasteiger partial charge in [-0.3, -0.25) is 4.79 Å². The van der Waals surface area contributed by atoms with Gasteiger partial charge < -0.3 is 9.84 Å². The van der Waals surface area contributed by atoms with E-state index in [1.165, 1.54) is 12.1 Å². The molecule has 7 heteroatoms. The van der Waals surface area contributed by atoms with Crippen LogP contribution >= 0.6 is 0 Å². The van der Waals surface area contributed by atoms with Gasteiger partial charge in [-0.1, -0.05) is 6.92 Å². The lowest BCUT2D eigenvalue weighted by atomic mass is 10.2. The van der Waals surface area contributed by atoms with Crippen LogP contribution in [0.3, 0.4) is 0 Å². The molecule has 1 N–H and O–H groups in total. The van der Waals surface area contributed by atoms with Crippen molar-refractivity contribution < 1.29 is 23.1 Å². The number of carbonyl (C=O) groups is 1. The van der Waals surface area contributed by atoms with Crippen LogP contribution in [-0.2, 0) is 14.8 Å². The predicted octanol–water partition coefficient (Wildman–Crippen LogP) is 1.88. The molecule has 0 aliphatic rings. The molecule has 0 aliphatic heterocycles. The summed E-state index contributed by atoms with van der Waals surface area (Å²) < 4.78 is 31.3. The highest BCUT2D eigenvalue weighted by Gasteiger charge is 2.25. The first-order chi connectivity index (χ1) is 9.68. The average Bonchev–Trinajstić information content (AvgIpc) is 2.37. The largest absolute Gasteiger partial charge is 0.491 e. The summed E-state index contributed by atoms with van der Waals surface area (Å²) in [5.41, 5.74) is 0.691. The number of likely N-dealkylation sites (N-methyl/N-ethyl adjacent to an activating group) is 1. The summed E-state index contributed by atoms with van der Waals surface area (Å²) in [5, 5.41) is 8.80. The first-order valence-corrected chi connectivity index (χ1v) is 8.11. The molecule has 118 valence electrons. The second-order valence-corrected chi connectivity index (χ2v) is 6.86. The van der Waals surface area contributed by atoms with Crippen molar-refractivity contribution in [2.45, 2.75) is 38.7 Å². The molecule has 1 aromatic carbocycles. The van der Waals surface area contributed by atoms with Crippen molar-refractivity contribution in [3.8, 4) is 5.75 Å². The summed E-state index contributed by atoms with van der Waals surface area (Å²) >= 11 is 0. The molecule has 0 saturated carbocycles. The zero-order chi connectivity index (χ0) is 16.2. The van der Waals surface area contributed by atoms with E-state index in [9.17, 15) is 13.2 Å². The molecule has 0 saturated heterocycles. The molecule has 0 bridgehead atoms. The van der Waals surface area contributed by atoms with Gasteiger partial charge in [0.25, 0.3) is 0 Å². The van der Waals surface area contributed by atoms with Gasteiger partial charge in [-0.25, -0.2) is 8.42 Å². The smallest absolute Gasteiger partial charge is 0.318 e. The van der Waals surface area contributed by atoms with Gasteiger partial charge in [0.05, 0.1) is 11.0 Å². The van der Waals surface area contributed by atoms with Crippen LogP contribution in [-0.4, -0.2) is 43.0 Å². The molecule has 0 heterocycles. The Bertz CT molecular complexity index is 610. The fraction of sp³-hybridized carbons (Fsp3) is 0.500. The molecule has 0 fully saturated rings. The molecule has 1 rings (SSSR count). The molecule has 0 aromatic heterocycles. The third kappa shape index (κ3) is 4.44. The molecule has 1 aromatic rings. The first kappa shape index (κ1) is 17.5. The van der Waals surface area contributed by atoms with Crippen molar-refractivity contribution in [1.29, 1.82) is 0 Å². The number of carboxylic acid groups (broad SMARTS) is 1. The number of hydrogen-bond acceptors (Lipinski definition) is 4. The summed E-state index contributed by atoms with van der Waals surface area (Å²) in [6.07, 6.45) is -0.00897. The number of rotatable bonds is 7. The van der Waals surface area contributed by atoms with Gasteiger partial charge in [-0.15, -0.1) is 0 Å². The van der Waals surface area contributed by atoms with Gasteiger partial charge in [0.2, 0.25) is 10.0 Å². The van der Waals surface area contributed by atoms with E-state index in [-0.39, 0.29) is 17.5 Å². The maximum atomic E-state index is 12.4. The fourth-order valence-corrected chi connectivity index (χ4v) is 3.32. The van der Waals surface area contributed by atoms with E-state index in [2.05, 4.69) is 0 Å². The highest BCUT2D eigenvalue weighted by atomic mass is 32.2. The molecule has 0 aliphatic carbocycles. The van der Waals surface area contributed by atoms with Crippen molar-refractivity contribution >= 4 is 16.0 Å². The summed E-state index contributed by atoms with van der Waals surface area (Å²) in [5.74, 6) is -0.567. The van der Waals surface area contributed by atoms with Crippen LogP contribution in [0.25, 0.3) is 0 Å². The van der Waals surface area contributed by atoms with Crippen molar-refractivity contribution in [3.63, 3.8) is 0 Å². The van der Waals surface area contributed by atoms with Crippen LogP contribution in [0.4, 0.5) is 0 Å². The number of benzene rings is 1. The third-order valence-electron chi connectivity index (χ3n) is 2.81. The van der Waals surface area contributed by atoms with Crippen molar-refractivity contribution in [3.05, 3.63) is 23.8 Å². The van der Waals surface area contributed by atoms with Crippen molar-refractivity contribution in [2.75, 3.05) is 13.1 Å². The molecule has 0 atom stereocenters. The van der Waals surface area contributed by atoms with E-state index in [4.69, 9.17) is 9.84 Å². The predicted molar refractivity (Wildman–Crippen MR) is 79.0 cm³/mol. The van der Waals surface area contributed by atoms with E-state index in [0.29, 0.717) is 11.3 Å². The van der Waals surface area contributed by atoms with Gasteiger partial charge in [0.15, 0.2) is 0 Å². The Morgan fingerprint density at radius 3 is 2.43 bits per heavy atom. The first-order valence-electron chi connectivity index (χ1n) is 6.67. The summed E-state index contributed by atoms with van der Waals surface area (Å²) in [6, 6.07) is 4.53. The van der Waals surface area contributed by atoms with Gasteiger partial charge >= 0.3 is 5.97 Å². The second kappa shape index (κ2) is 6.91. The van der Waals surface area contributed by atoms with Gasteiger partial charge in [0.1, 0.15) is 12.3 Å². The zero-order valence-electron chi connectivity index (χ0n) is 12.7. The normalized spacial score (nSPS) is 11.9. The Balaban J connectivity index is 3.14. The average molecular weight is 315 g/mol. The van der Waals surface area contributed by atoms with E-state index in [1.54, 1.807) is 19.9 Å². The van der Waals surface area contributed by atoms with Crippen LogP contribution in [0.15, 0.2) is 23.1 Å². The molecule has 21 heavy (non-hydrogen) atoms. The number of sulfonamides is 1. The Kier molecular flexibility index (Phi) is 5.74. The highest BCUT2D eigenvalue weighted by molar-refractivity contribution is 7.89. The number of nitrogens with zero attached hydrogens (tertiary/aromatic N) is 1. The Hall–Kier alpha value is -1.60. The Morgan fingerprint density at radius 1 is 1.38 bits per heavy atom. The standard InChI is InChI=1S/C14H21NO5S/c1-5-15(9-14(16)17)21(18,19)12-6-7-13(11(4)8-12)20-10(2)3/h6-8,10H,5,9H2,1-4H3,(H,16,17). The number of aryl methyl sites for hydroxylation is 1. The highest BCUT2D eigenvalue weighted by Crippen LogP contribution is 2.24. The lowest BCUT2D eigenvalue weighted by Crippen LogP contribution is -2.35. The molecule has 6 nitrogen and oxygen atoms in total. The SMILES string of the molecule is CCN(CC(=O)O)S(=O)(=O)c1ccc(OC(C)C)c(C)c1. The maximum Gasteiger partial charge on any atom is 0.318 e. The maximum absolute atomic E-state index is 12.4. The van der Waals surface area contributed by atoms with E-state index in [1.807, 2.05) is 13.8 Å². The van der Waals surface area contributed by atoms with Crippen LogP contribution in [0.2, 0.25) is 0 Å². The summed E-state index contributed by atoms with van der Waals surface area (Å²) in [6.45, 7) is 6.67. The molecule has 0 radical (unpaired) electrons. The Morgan fingerprint density at radius 2 is 2.00 bits per heavy atom. The van der Waals surface area contributed by atoms with Crippen molar-refractivity contribution in [1.82, 2.24) is 4.31 Å². The van der Waals surface area contributed by atoms with Gasteiger partial charge in [-0.05, 0) is 44.5 Å². The third-order valence-corrected chi connectivity index (χ3v) is 4.73. The van der Waals surface area contributed by atoms with Crippen LogP contribution < -0.4 is 4.74 Å². The van der Waals surface area contributed by atoms with Crippen LogP contribution in [0.1, 0.15) is 26.3 Å². The number of ether oxygens (including phenoxy) is 1. The number of aliphatic carboxylic acids is 1. The molecule has 0 amide bonds. The molecule has 0 spiro atoms. The summed E-state index contributed by atoms with van der Waals surface area (Å²) in [7, 11) is -3.82. The van der Waals surface area contributed by atoms with Crippen LogP contribution in [0.5, 0.6) is 5.75 Å². The van der Waals surface area contributed by atoms with E-state index in [0.717, 1.165) is 4.31 Å². The van der Waals surface area contributed by atoms with Crippen molar-refractivity contribution in [2.24, 2.45) is 0 Å². The monoisotopic (exact) mass is 315 g/mol. The number of carboxylic acids is 1. The summed E-state index contributed by atoms with van der Waals surface area (Å²) in [4.78, 5) is 10.8. The van der Waals surface area contributed by atoms with Gasteiger partial charge in [-0.2, -0.15) is 4.31 Å². The minimum absolute atomic E-state index is 0.00897. The second-order valence-electron chi connectivity index (χ2n) is 4.92. The Labute approximate surface area is 125 Å². The number of hydrogen-bond donors (Lipinski definition) is 1. The van der Waals surface area contributed by atoms with E-state index >= 15 is 0 Å². The molecule has 0 unspecified atom stereocenters. The lowest BCUT2D eigenvalue weighted by molar-refractivity contribution is -0.137. The topological polar surface area (TPSA) is 83.9 Å². The molecular formula is C14H21NO5S. The fourth-order valence-electron chi connectivity index (χ4n) is 1.84.